The Balaban J connectivity index is 0.941. The topological polar surface area (TPSA) is 175 Å². The van der Waals surface area contributed by atoms with E-state index in [2.05, 4.69) is 37.4 Å². The van der Waals surface area contributed by atoms with E-state index in [4.69, 9.17) is 14.5 Å². The van der Waals surface area contributed by atoms with E-state index >= 15 is 0 Å². The predicted molar refractivity (Wildman–Crippen MR) is 223 cm³/mol. The van der Waals surface area contributed by atoms with Gasteiger partial charge < -0.3 is 39.9 Å². The van der Waals surface area contributed by atoms with Crippen LogP contribution in [0.2, 0.25) is 0 Å². The van der Waals surface area contributed by atoms with E-state index in [-0.39, 0.29) is 23.9 Å². The molecule has 4 N–H and O–H groups in total. The van der Waals surface area contributed by atoms with Gasteiger partial charge in [-0.05, 0) is 72.7 Å². The molecular weight excluding hydrogens is 761 g/mol. The van der Waals surface area contributed by atoms with E-state index in [0.29, 0.717) is 35.9 Å². The van der Waals surface area contributed by atoms with Gasteiger partial charge >= 0.3 is 12.2 Å². The number of carbonyl (C=O) groups is 4. The number of likely N-dealkylation sites (tertiary alicyclic amines) is 2. The number of aromatic amines is 2. The summed E-state index contributed by atoms with van der Waals surface area (Å²) in [5.74, 6) is 7.43. The Morgan fingerprint density at radius 3 is 1.78 bits per heavy atom. The number of fused-ring (bicyclic) bond motifs is 1. The van der Waals surface area contributed by atoms with Crippen molar-refractivity contribution < 1.29 is 28.7 Å². The lowest BCUT2D eigenvalue weighted by Gasteiger charge is -2.28. The van der Waals surface area contributed by atoms with E-state index in [9.17, 15) is 19.2 Å². The molecule has 14 heteroatoms. The maximum Gasteiger partial charge on any atom is 0.407 e. The summed E-state index contributed by atoms with van der Waals surface area (Å²) in [4.78, 5) is 72.2. The van der Waals surface area contributed by atoms with Gasteiger partial charge in [-0.2, -0.15) is 0 Å². The molecule has 0 bridgehead atoms. The summed E-state index contributed by atoms with van der Waals surface area (Å²) < 4.78 is 9.65. The first-order valence-corrected chi connectivity index (χ1v) is 19.9. The molecule has 2 aliphatic rings. The fraction of sp³-hybridized carbons (Fsp3) is 0.261. The van der Waals surface area contributed by atoms with Crippen molar-refractivity contribution >= 4 is 35.0 Å². The van der Waals surface area contributed by atoms with Crippen LogP contribution in [0.3, 0.4) is 0 Å². The first kappa shape index (κ1) is 39.4. The summed E-state index contributed by atoms with van der Waals surface area (Å²) in [5, 5.41) is 5.41. The Bertz CT molecular complexity index is 2560. The van der Waals surface area contributed by atoms with Crippen LogP contribution in [-0.4, -0.2) is 81.0 Å². The van der Waals surface area contributed by atoms with E-state index in [1.807, 2.05) is 103 Å². The molecule has 0 radical (unpaired) electrons. The molecule has 6 aromatic rings. The summed E-state index contributed by atoms with van der Waals surface area (Å²) in [6, 6.07) is 29.6. The number of benzene rings is 4. The minimum atomic E-state index is -0.894. The number of nitrogens with zero attached hydrogens (tertiary/aromatic N) is 4. The van der Waals surface area contributed by atoms with Crippen molar-refractivity contribution in [3.63, 3.8) is 0 Å². The number of nitrogens with one attached hydrogen (secondary N) is 4. The third-order valence-electron chi connectivity index (χ3n) is 11.0. The fourth-order valence-corrected chi connectivity index (χ4v) is 7.98. The van der Waals surface area contributed by atoms with Crippen molar-refractivity contribution in [3.05, 3.63) is 143 Å². The van der Waals surface area contributed by atoms with Crippen molar-refractivity contribution in [3.8, 4) is 23.1 Å². The third-order valence-corrected chi connectivity index (χ3v) is 11.0. The van der Waals surface area contributed by atoms with Gasteiger partial charge in [-0.1, -0.05) is 84.6 Å². The van der Waals surface area contributed by atoms with E-state index in [1.165, 1.54) is 14.2 Å². The molecule has 8 rings (SSSR count). The number of amides is 4. The highest BCUT2D eigenvalue weighted by atomic mass is 16.5. The molecule has 2 aliphatic heterocycles. The first-order chi connectivity index (χ1) is 29.3. The largest absolute Gasteiger partial charge is 0.453 e. The Morgan fingerprint density at radius 1 is 0.683 bits per heavy atom. The molecule has 2 aromatic heterocycles. The molecular formula is C46H44N8O6. The van der Waals surface area contributed by atoms with Gasteiger partial charge in [0.05, 0.1) is 49.2 Å². The second-order valence-electron chi connectivity index (χ2n) is 14.7. The van der Waals surface area contributed by atoms with Crippen LogP contribution in [0.5, 0.6) is 0 Å². The molecule has 60 heavy (non-hydrogen) atoms. The van der Waals surface area contributed by atoms with Crippen LogP contribution in [0, 0.1) is 11.8 Å². The Hall–Kier alpha value is -7.40. The molecule has 4 aromatic carbocycles. The SMILES string of the molecule is COC(=O)N[C@@H](C(=O)N1CCC[C@@H]1c1ncc(-c2ccc(C#Cc3ccc4nc([C@@H]5CCCN5C(=O)[C@H](NC(=O)OC)c5ccccc5)[nH]c4c3)cc2)[nH]1)c1ccccc1. The molecule has 14 nitrogen and oxygen atoms in total. The Morgan fingerprint density at radius 2 is 1.22 bits per heavy atom. The summed E-state index contributed by atoms with van der Waals surface area (Å²) in [6.45, 7) is 1.08. The molecule has 0 spiro atoms. The molecule has 0 unspecified atom stereocenters. The summed E-state index contributed by atoms with van der Waals surface area (Å²) in [5.41, 5.74) is 6.29. The number of aromatic nitrogens is 4. The van der Waals surface area contributed by atoms with Crippen LogP contribution in [0.25, 0.3) is 22.3 Å². The number of carbonyl (C=O) groups excluding carboxylic acids is 4. The molecule has 0 saturated carbocycles. The number of ether oxygens (including phenoxy) is 2. The lowest BCUT2D eigenvalue weighted by atomic mass is 10.1. The fourth-order valence-electron chi connectivity index (χ4n) is 7.98. The van der Waals surface area contributed by atoms with Crippen LogP contribution in [-0.2, 0) is 19.1 Å². The maximum atomic E-state index is 13.9. The molecule has 304 valence electrons. The number of alkyl carbamates (subject to hydrolysis) is 2. The van der Waals surface area contributed by atoms with Gasteiger partial charge in [-0.25, -0.2) is 19.6 Å². The maximum absolute atomic E-state index is 13.9. The van der Waals surface area contributed by atoms with Gasteiger partial charge in [-0.3, -0.25) is 9.59 Å². The second kappa shape index (κ2) is 17.6. The van der Waals surface area contributed by atoms with E-state index < -0.39 is 24.3 Å². The van der Waals surface area contributed by atoms with Gasteiger partial charge in [0.15, 0.2) is 0 Å². The smallest absolute Gasteiger partial charge is 0.407 e. The van der Waals surface area contributed by atoms with Crippen molar-refractivity contribution in [2.24, 2.45) is 0 Å². The number of hydrogen-bond donors (Lipinski definition) is 4. The molecule has 4 atom stereocenters. The second-order valence-corrected chi connectivity index (χ2v) is 14.7. The summed E-state index contributed by atoms with van der Waals surface area (Å²) in [7, 11) is 2.55. The molecule has 4 heterocycles. The minimum Gasteiger partial charge on any atom is -0.453 e. The zero-order valence-electron chi connectivity index (χ0n) is 33.2. The molecule has 2 saturated heterocycles. The zero-order chi connectivity index (χ0) is 41.6. The van der Waals surface area contributed by atoms with Gasteiger partial charge in [-0.15, -0.1) is 0 Å². The van der Waals surface area contributed by atoms with Crippen LogP contribution in [0.15, 0.2) is 109 Å². The monoisotopic (exact) mass is 804 g/mol. The number of H-pyrrole nitrogens is 2. The highest BCUT2D eigenvalue weighted by Gasteiger charge is 2.38. The van der Waals surface area contributed by atoms with Crippen molar-refractivity contribution in [2.45, 2.75) is 49.9 Å². The highest BCUT2D eigenvalue weighted by Crippen LogP contribution is 2.36. The average Bonchev–Trinajstić information content (AvgIpc) is 4.13. The lowest BCUT2D eigenvalue weighted by molar-refractivity contribution is -0.135. The summed E-state index contributed by atoms with van der Waals surface area (Å²) >= 11 is 0. The summed E-state index contributed by atoms with van der Waals surface area (Å²) in [6.07, 6.45) is 3.50. The predicted octanol–water partition coefficient (Wildman–Crippen LogP) is 6.87. The van der Waals surface area contributed by atoms with Crippen LogP contribution >= 0.6 is 0 Å². The zero-order valence-corrected chi connectivity index (χ0v) is 33.2. The molecule has 4 amide bonds. The van der Waals surface area contributed by atoms with Crippen LogP contribution in [0.1, 0.15) is 83.8 Å². The van der Waals surface area contributed by atoms with Crippen LogP contribution < -0.4 is 10.6 Å². The number of hydrogen-bond acceptors (Lipinski definition) is 8. The van der Waals surface area contributed by atoms with E-state index in [0.717, 1.165) is 59.1 Å². The van der Waals surface area contributed by atoms with Crippen molar-refractivity contribution in [1.29, 1.82) is 0 Å². The van der Waals surface area contributed by atoms with Crippen molar-refractivity contribution in [2.75, 3.05) is 27.3 Å². The number of rotatable bonds is 9. The third kappa shape index (κ3) is 8.42. The minimum absolute atomic E-state index is 0.224. The standard InChI is InChI=1S/C46H44N8O6/c1-59-45(57)51-39(32-11-5-3-6-12-32)43(55)53-25-9-15-37(53)41-47-28-36(50-41)31-22-19-29(20-23-31)17-18-30-21-24-34-35(27-30)49-42(48-34)38-16-10-26-54(38)44(56)40(52-46(58)60-2)33-13-7-4-8-14-33/h3-8,11-14,19-24,27-28,37-40H,9-10,15-16,25-26H2,1-2H3,(H,47,50)(H,48,49)(H,51,57)(H,52,58)/t37-,38+,39-,40-/m1/s1. The quantitative estimate of drug-likeness (QED) is 0.115. The number of methoxy groups -OCH3 is 2. The van der Waals surface area contributed by atoms with Gasteiger partial charge in [0.25, 0.3) is 11.8 Å². The highest BCUT2D eigenvalue weighted by molar-refractivity contribution is 5.88. The van der Waals surface area contributed by atoms with Gasteiger partial charge in [0.2, 0.25) is 0 Å². The first-order valence-electron chi connectivity index (χ1n) is 19.9. The Labute approximate surface area is 346 Å². The van der Waals surface area contributed by atoms with Crippen molar-refractivity contribution in [1.82, 2.24) is 40.4 Å². The number of imidazole rings is 2. The molecule has 0 aliphatic carbocycles. The molecule has 2 fully saturated rings. The van der Waals surface area contributed by atoms with Crippen LogP contribution in [0.4, 0.5) is 9.59 Å². The lowest BCUT2D eigenvalue weighted by Crippen LogP contribution is -2.42. The van der Waals surface area contributed by atoms with Gasteiger partial charge in [0.1, 0.15) is 23.7 Å². The average molecular weight is 805 g/mol. The van der Waals surface area contributed by atoms with E-state index in [1.54, 1.807) is 16.0 Å². The Kier molecular flexibility index (Phi) is 11.6. The normalized spacial score (nSPS) is 17.0. The van der Waals surface area contributed by atoms with Gasteiger partial charge in [0, 0.05) is 24.2 Å².